The molecule has 1 rings (SSSR count). The van der Waals surface area contributed by atoms with Crippen LogP contribution in [0.2, 0.25) is 0 Å². The summed E-state index contributed by atoms with van der Waals surface area (Å²) in [5.74, 6) is 3.31. The van der Waals surface area contributed by atoms with Gasteiger partial charge in [-0.25, -0.2) is 0 Å². The number of thioether (sulfide) groups is 4. The number of hydrogen-bond acceptors (Lipinski definition) is 6. The standard InChI is InChI=1S/C19H24O2S4/c1-13(2)18(20)24-11-9-22-16-8-6-7-15(5)17(16)23-10-12-25-19(21)14(3)4/h6-8H,1,3,9-12H2,2,4-5H3. The second kappa shape index (κ2) is 11.9. The monoisotopic (exact) mass is 412 g/mol. The third kappa shape index (κ3) is 8.58. The quantitative estimate of drug-likeness (QED) is 0.272. The summed E-state index contributed by atoms with van der Waals surface area (Å²) in [7, 11) is 0. The molecule has 0 spiro atoms. The van der Waals surface area contributed by atoms with Gasteiger partial charge >= 0.3 is 0 Å². The van der Waals surface area contributed by atoms with E-state index in [1.54, 1.807) is 37.4 Å². The maximum atomic E-state index is 11.6. The molecule has 2 nitrogen and oxygen atoms in total. The van der Waals surface area contributed by atoms with Crippen molar-refractivity contribution in [2.24, 2.45) is 0 Å². The minimum absolute atomic E-state index is 0.0682. The maximum absolute atomic E-state index is 11.6. The fraction of sp³-hybridized carbons (Fsp3) is 0.368. The highest BCUT2D eigenvalue weighted by atomic mass is 32.2. The van der Waals surface area contributed by atoms with E-state index >= 15 is 0 Å². The van der Waals surface area contributed by atoms with Crippen molar-refractivity contribution in [1.82, 2.24) is 0 Å². The number of carbonyl (C=O) groups is 2. The summed E-state index contributed by atoms with van der Waals surface area (Å²) >= 11 is 6.21. The van der Waals surface area contributed by atoms with Gasteiger partial charge in [-0.2, -0.15) is 0 Å². The van der Waals surface area contributed by atoms with Crippen LogP contribution in [0, 0.1) is 6.92 Å². The summed E-state index contributed by atoms with van der Waals surface area (Å²) in [6, 6.07) is 6.29. The second-order valence-corrected chi connectivity index (χ2v) is 9.81. The van der Waals surface area contributed by atoms with Crippen molar-refractivity contribution in [2.45, 2.75) is 30.6 Å². The average molecular weight is 413 g/mol. The molecule has 1 aromatic rings. The molecule has 0 aliphatic heterocycles. The molecule has 1 aromatic carbocycles. The highest BCUT2D eigenvalue weighted by Crippen LogP contribution is 2.34. The van der Waals surface area contributed by atoms with Gasteiger partial charge in [0.25, 0.3) is 0 Å². The highest BCUT2D eigenvalue weighted by molar-refractivity contribution is 8.15. The summed E-state index contributed by atoms with van der Waals surface area (Å²) in [6.45, 7) is 12.9. The Kier molecular flexibility index (Phi) is 10.7. The molecule has 0 aliphatic carbocycles. The van der Waals surface area contributed by atoms with Crippen LogP contribution in [0.15, 0.2) is 52.3 Å². The van der Waals surface area contributed by atoms with Gasteiger partial charge < -0.3 is 0 Å². The Balaban J connectivity index is 2.51. The number of benzene rings is 1. The van der Waals surface area contributed by atoms with E-state index in [0.717, 1.165) is 23.0 Å². The van der Waals surface area contributed by atoms with Crippen LogP contribution < -0.4 is 0 Å². The largest absolute Gasteiger partial charge is 0.282 e. The van der Waals surface area contributed by atoms with Crippen LogP contribution in [-0.2, 0) is 9.59 Å². The van der Waals surface area contributed by atoms with Gasteiger partial charge in [-0.1, -0.05) is 48.8 Å². The third-order valence-electron chi connectivity index (χ3n) is 3.01. The van der Waals surface area contributed by atoms with E-state index in [1.807, 2.05) is 0 Å². The molecule has 6 heteroatoms. The molecule has 0 heterocycles. The van der Waals surface area contributed by atoms with Crippen LogP contribution in [0.5, 0.6) is 0 Å². The summed E-state index contributed by atoms with van der Waals surface area (Å²) in [5, 5.41) is 0.137. The summed E-state index contributed by atoms with van der Waals surface area (Å²) in [4.78, 5) is 25.7. The van der Waals surface area contributed by atoms with Crippen molar-refractivity contribution >= 4 is 57.3 Å². The molecule has 136 valence electrons. The van der Waals surface area contributed by atoms with E-state index < -0.39 is 0 Å². The Bertz CT molecular complexity index is 653. The van der Waals surface area contributed by atoms with Crippen molar-refractivity contribution in [1.29, 1.82) is 0 Å². The molecular weight excluding hydrogens is 388 g/mol. The second-order valence-electron chi connectivity index (χ2n) is 5.43. The molecule has 0 aliphatic rings. The van der Waals surface area contributed by atoms with E-state index in [-0.39, 0.29) is 10.2 Å². The topological polar surface area (TPSA) is 34.1 Å². The van der Waals surface area contributed by atoms with E-state index in [4.69, 9.17) is 0 Å². The van der Waals surface area contributed by atoms with E-state index in [1.165, 1.54) is 38.9 Å². The molecule has 0 radical (unpaired) electrons. The molecule has 0 aromatic heterocycles. The predicted octanol–water partition coefficient (Wildman–Crippen LogP) is 5.85. The van der Waals surface area contributed by atoms with Crippen LogP contribution in [0.1, 0.15) is 19.4 Å². The first-order valence-electron chi connectivity index (χ1n) is 7.83. The van der Waals surface area contributed by atoms with Gasteiger partial charge in [-0.15, -0.1) is 23.5 Å². The number of aryl methyl sites for hydroxylation is 1. The minimum Gasteiger partial charge on any atom is -0.282 e. The van der Waals surface area contributed by atoms with Crippen molar-refractivity contribution in [2.75, 3.05) is 23.0 Å². The molecule has 0 amide bonds. The van der Waals surface area contributed by atoms with Crippen molar-refractivity contribution in [3.63, 3.8) is 0 Å². The molecule has 0 fully saturated rings. The van der Waals surface area contributed by atoms with E-state index in [2.05, 4.69) is 38.3 Å². The first-order chi connectivity index (χ1) is 11.8. The van der Waals surface area contributed by atoms with E-state index in [9.17, 15) is 9.59 Å². The zero-order valence-electron chi connectivity index (χ0n) is 14.9. The fourth-order valence-corrected chi connectivity index (χ4v) is 5.68. The fourth-order valence-electron chi connectivity index (χ4n) is 1.73. The van der Waals surface area contributed by atoms with Crippen molar-refractivity contribution < 1.29 is 9.59 Å². The Morgan fingerprint density at radius 2 is 1.40 bits per heavy atom. The summed E-state index contributed by atoms with van der Waals surface area (Å²) in [6.07, 6.45) is 0. The first kappa shape index (κ1) is 22.5. The highest BCUT2D eigenvalue weighted by Gasteiger charge is 2.09. The number of carbonyl (C=O) groups excluding carboxylic acids is 2. The molecule has 0 N–H and O–H groups in total. The van der Waals surface area contributed by atoms with Crippen LogP contribution in [-0.4, -0.2) is 33.2 Å². The molecule has 0 saturated carbocycles. The smallest absolute Gasteiger partial charge is 0.214 e. The zero-order chi connectivity index (χ0) is 18.8. The van der Waals surface area contributed by atoms with Gasteiger partial charge in [0.05, 0.1) is 0 Å². The van der Waals surface area contributed by atoms with Gasteiger partial charge in [0.2, 0.25) is 10.2 Å². The SMILES string of the molecule is C=C(C)C(=O)SCCSc1cccc(C)c1SCCSC(=O)C(=C)C. The lowest BCUT2D eigenvalue weighted by Gasteiger charge is -2.11. The summed E-state index contributed by atoms with van der Waals surface area (Å²) in [5.41, 5.74) is 2.45. The van der Waals surface area contributed by atoms with Crippen molar-refractivity contribution in [3.8, 4) is 0 Å². The molecule has 0 bridgehead atoms. The van der Waals surface area contributed by atoms with Crippen LogP contribution in [0.3, 0.4) is 0 Å². The van der Waals surface area contributed by atoms with Crippen LogP contribution in [0.4, 0.5) is 0 Å². The predicted molar refractivity (Wildman–Crippen MR) is 117 cm³/mol. The molecule has 0 atom stereocenters. The maximum Gasteiger partial charge on any atom is 0.214 e. The lowest BCUT2D eigenvalue weighted by molar-refractivity contribution is -0.108. The third-order valence-corrected chi connectivity index (χ3v) is 7.99. The lowest BCUT2D eigenvalue weighted by atomic mass is 10.2. The normalized spacial score (nSPS) is 10.5. The molecule has 0 unspecified atom stereocenters. The lowest BCUT2D eigenvalue weighted by Crippen LogP contribution is -1.97. The Morgan fingerprint density at radius 1 is 0.880 bits per heavy atom. The Morgan fingerprint density at radius 3 is 1.92 bits per heavy atom. The average Bonchev–Trinajstić information content (AvgIpc) is 2.56. The van der Waals surface area contributed by atoms with Crippen molar-refractivity contribution in [3.05, 3.63) is 48.1 Å². The van der Waals surface area contributed by atoms with Gasteiger partial charge in [-0.05, 0) is 43.5 Å². The Hall–Kier alpha value is -0.560. The number of hydrogen-bond donors (Lipinski definition) is 0. The van der Waals surface area contributed by atoms with Crippen LogP contribution in [0.25, 0.3) is 0 Å². The Labute approximate surface area is 168 Å². The number of rotatable bonds is 10. The molecule has 0 saturated heterocycles. The summed E-state index contributed by atoms with van der Waals surface area (Å²) < 4.78 is 0. The van der Waals surface area contributed by atoms with Gasteiger partial charge in [0, 0.05) is 32.8 Å². The van der Waals surface area contributed by atoms with E-state index in [0.29, 0.717) is 11.1 Å². The zero-order valence-corrected chi connectivity index (χ0v) is 18.2. The molecule has 25 heavy (non-hydrogen) atoms. The van der Waals surface area contributed by atoms with Crippen LogP contribution >= 0.6 is 47.0 Å². The minimum atomic E-state index is 0.0682. The first-order valence-corrected chi connectivity index (χ1v) is 11.8. The van der Waals surface area contributed by atoms with Gasteiger partial charge in [0.1, 0.15) is 0 Å². The van der Waals surface area contributed by atoms with Gasteiger partial charge in [-0.3, -0.25) is 9.59 Å². The van der Waals surface area contributed by atoms with Gasteiger partial charge in [0.15, 0.2) is 0 Å². The molecular formula is C19H24O2S4.